The van der Waals surface area contributed by atoms with Gasteiger partial charge in [0.05, 0.1) is 11.4 Å². The lowest BCUT2D eigenvalue weighted by atomic mass is 9.87. The first-order chi connectivity index (χ1) is 12.8. The van der Waals surface area contributed by atoms with E-state index in [-0.39, 0.29) is 5.41 Å². The first-order valence-corrected chi connectivity index (χ1v) is 9.78. The molecule has 0 atom stereocenters. The second-order valence-electron chi connectivity index (χ2n) is 7.91. The third kappa shape index (κ3) is 3.53. The molecule has 0 aliphatic carbocycles. The molecule has 1 aliphatic rings. The van der Waals surface area contributed by atoms with E-state index in [1.807, 2.05) is 4.68 Å². The van der Waals surface area contributed by atoms with Crippen molar-refractivity contribution in [3.8, 4) is 0 Å². The van der Waals surface area contributed by atoms with E-state index in [0.717, 1.165) is 53.8 Å². The van der Waals surface area contributed by atoms with Crippen LogP contribution in [0.25, 0.3) is 0 Å². The third-order valence-corrected chi connectivity index (χ3v) is 4.91. The van der Waals surface area contributed by atoms with Gasteiger partial charge in [-0.2, -0.15) is 9.78 Å². The first-order valence-electron chi connectivity index (χ1n) is 9.78. The van der Waals surface area contributed by atoms with Gasteiger partial charge in [0, 0.05) is 30.6 Å². The summed E-state index contributed by atoms with van der Waals surface area (Å²) < 4.78 is 1.85. The average Bonchev–Trinajstić information content (AvgIpc) is 3.17. The predicted molar refractivity (Wildman–Crippen MR) is 113 cm³/mol. The number of hydrogen-bond acceptors (Lipinski definition) is 5. The van der Waals surface area contributed by atoms with Gasteiger partial charge < -0.3 is 4.90 Å². The maximum Gasteiger partial charge on any atom is 0.205 e. The van der Waals surface area contributed by atoms with Crippen LogP contribution in [0.2, 0.25) is 0 Å². The molecular formula is C21H30N6. The largest absolute Gasteiger partial charge is 0.372 e. The second kappa shape index (κ2) is 7.25. The lowest BCUT2D eigenvalue weighted by Crippen LogP contribution is -2.27. The SMILES string of the molecule is CCc1nnc2n1N=C(C(C)(C)C)C2=Nc1ccc(N(CC)CC)cc1C. The molecule has 0 unspecified atom stereocenters. The van der Waals surface area contributed by atoms with Crippen molar-refractivity contribution in [1.29, 1.82) is 0 Å². The summed E-state index contributed by atoms with van der Waals surface area (Å²) in [5.74, 6) is 1.61. The Kier molecular flexibility index (Phi) is 5.18. The van der Waals surface area contributed by atoms with Crippen molar-refractivity contribution in [1.82, 2.24) is 14.9 Å². The second-order valence-corrected chi connectivity index (χ2v) is 7.91. The standard InChI is InChI=1S/C21H30N6/c1-8-17-23-24-20-18(19(21(5,6)7)25-27(17)20)22-16-12-11-15(13-14(16)4)26(9-2)10-3/h11-13H,8-10H2,1-7H3. The lowest BCUT2D eigenvalue weighted by Gasteiger charge is -2.22. The molecule has 3 rings (SSSR count). The van der Waals surface area contributed by atoms with E-state index in [1.54, 1.807) is 0 Å². The Morgan fingerprint density at radius 2 is 1.78 bits per heavy atom. The minimum absolute atomic E-state index is 0.125. The molecular weight excluding hydrogens is 336 g/mol. The van der Waals surface area contributed by atoms with Crippen LogP contribution >= 0.6 is 0 Å². The van der Waals surface area contributed by atoms with Crippen molar-refractivity contribution >= 4 is 22.8 Å². The predicted octanol–water partition coefficient (Wildman–Crippen LogP) is 4.38. The Morgan fingerprint density at radius 1 is 1.07 bits per heavy atom. The molecule has 2 heterocycles. The maximum absolute atomic E-state index is 4.99. The van der Waals surface area contributed by atoms with Crippen molar-refractivity contribution < 1.29 is 0 Å². The number of anilines is 1. The topological polar surface area (TPSA) is 58.7 Å². The van der Waals surface area contributed by atoms with Gasteiger partial charge in [0.2, 0.25) is 5.82 Å². The fraction of sp³-hybridized carbons (Fsp3) is 0.524. The van der Waals surface area contributed by atoms with Gasteiger partial charge in [-0.05, 0) is 44.5 Å². The quantitative estimate of drug-likeness (QED) is 0.789. The van der Waals surface area contributed by atoms with Gasteiger partial charge in [0.25, 0.3) is 0 Å². The van der Waals surface area contributed by atoms with Crippen LogP contribution in [0.4, 0.5) is 11.4 Å². The first kappa shape index (κ1) is 19.3. The molecule has 0 radical (unpaired) electrons. The van der Waals surface area contributed by atoms with Crippen molar-refractivity contribution in [3.63, 3.8) is 0 Å². The molecule has 0 saturated heterocycles. The Hall–Kier alpha value is -2.50. The van der Waals surface area contributed by atoms with Gasteiger partial charge in [0.1, 0.15) is 5.71 Å². The zero-order valence-electron chi connectivity index (χ0n) is 17.5. The zero-order chi connectivity index (χ0) is 19.8. The van der Waals surface area contributed by atoms with Crippen molar-refractivity contribution in [2.75, 3.05) is 18.0 Å². The normalized spacial score (nSPS) is 15.2. The van der Waals surface area contributed by atoms with Crippen molar-refractivity contribution in [2.45, 2.75) is 54.9 Å². The number of aromatic nitrogens is 3. The van der Waals surface area contributed by atoms with Crippen LogP contribution in [0.15, 0.2) is 28.3 Å². The van der Waals surface area contributed by atoms with Gasteiger partial charge in [-0.3, -0.25) is 0 Å². The van der Waals surface area contributed by atoms with Crippen LogP contribution in [0.5, 0.6) is 0 Å². The molecule has 0 saturated carbocycles. The summed E-state index contributed by atoms with van der Waals surface area (Å²) in [6, 6.07) is 6.44. The molecule has 1 aromatic carbocycles. The highest BCUT2D eigenvalue weighted by atomic mass is 15.5. The van der Waals surface area contributed by atoms with E-state index >= 15 is 0 Å². The average molecular weight is 367 g/mol. The van der Waals surface area contributed by atoms with Gasteiger partial charge in [-0.15, -0.1) is 10.2 Å². The molecule has 0 bridgehead atoms. The summed E-state index contributed by atoms with van der Waals surface area (Å²) in [5.41, 5.74) is 4.98. The fourth-order valence-electron chi connectivity index (χ4n) is 3.32. The number of aryl methyl sites for hydroxylation is 2. The molecule has 27 heavy (non-hydrogen) atoms. The number of nitrogens with zero attached hydrogens (tertiary/aromatic N) is 6. The molecule has 1 aromatic heterocycles. The van der Waals surface area contributed by atoms with E-state index in [2.05, 4.69) is 81.8 Å². The highest BCUT2D eigenvalue weighted by molar-refractivity contribution is 6.50. The van der Waals surface area contributed by atoms with Crippen LogP contribution in [0, 0.1) is 12.3 Å². The molecule has 2 aromatic rings. The zero-order valence-corrected chi connectivity index (χ0v) is 17.5. The van der Waals surface area contributed by atoms with Gasteiger partial charge in [-0.1, -0.05) is 27.7 Å². The van der Waals surface area contributed by atoms with Crippen molar-refractivity contribution in [2.24, 2.45) is 15.5 Å². The molecule has 144 valence electrons. The monoisotopic (exact) mass is 366 g/mol. The summed E-state index contributed by atoms with van der Waals surface area (Å²) in [6.07, 6.45) is 0.790. The van der Waals surface area contributed by atoms with Gasteiger partial charge in [0.15, 0.2) is 5.82 Å². The van der Waals surface area contributed by atoms with Crippen molar-refractivity contribution in [3.05, 3.63) is 35.4 Å². The van der Waals surface area contributed by atoms with Crippen LogP contribution in [0.1, 0.15) is 58.8 Å². The maximum atomic E-state index is 4.99. The molecule has 0 amide bonds. The molecule has 6 nitrogen and oxygen atoms in total. The van der Waals surface area contributed by atoms with E-state index in [9.17, 15) is 0 Å². The van der Waals surface area contributed by atoms with Crippen LogP contribution in [0.3, 0.4) is 0 Å². The smallest absolute Gasteiger partial charge is 0.205 e. The summed E-state index contributed by atoms with van der Waals surface area (Å²) in [6.45, 7) is 17.0. The molecule has 0 fully saturated rings. The van der Waals surface area contributed by atoms with Crippen LogP contribution < -0.4 is 4.90 Å². The Bertz CT molecular complexity index is 894. The number of hydrogen-bond donors (Lipinski definition) is 0. The summed E-state index contributed by atoms with van der Waals surface area (Å²) in [5, 5.41) is 13.4. The van der Waals surface area contributed by atoms with E-state index in [1.165, 1.54) is 5.69 Å². The van der Waals surface area contributed by atoms with Gasteiger partial charge in [-0.25, -0.2) is 4.99 Å². The minimum Gasteiger partial charge on any atom is -0.372 e. The minimum atomic E-state index is -0.125. The van der Waals surface area contributed by atoms with E-state index in [4.69, 9.17) is 10.1 Å². The van der Waals surface area contributed by atoms with Crippen LogP contribution in [-0.2, 0) is 6.42 Å². The number of benzene rings is 1. The lowest BCUT2D eigenvalue weighted by molar-refractivity contribution is 0.592. The Morgan fingerprint density at radius 3 is 2.33 bits per heavy atom. The summed E-state index contributed by atoms with van der Waals surface area (Å²) in [7, 11) is 0. The number of fused-ring (bicyclic) bond motifs is 1. The third-order valence-electron chi connectivity index (χ3n) is 4.91. The van der Waals surface area contributed by atoms with E-state index < -0.39 is 0 Å². The van der Waals surface area contributed by atoms with Gasteiger partial charge >= 0.3 is 0 Å². The molecule has 1 aliphatic heterocycles. The summed E-state index contributed by atoms with van der Waals surface area (Å²) >= 11 is 0. The summed E-state index contributed by atoms with van der Waals surface area (Å²) in [4.78, 5) is 7.33. The molecule has 6 heteroatoms. The molecule has 0 N–H and O–H groups in total. The number of rotatable bonds is 5. The highest BCUT2D eigenvalue weighted by Gasteiger charge is 2.34. The number of aliphatic imine (C=N–C) groups is 1. The Labute approximate surface area is 162 Å². The fourth-order valence-corrected chi connectivity index (χ4v) is 3.32. The van der Waals surface area contributed by atoms with Crippen LogP contribution in [-0.4, -0.2) is 39.4 Å². The van der Waals surface area contributed by atoms with E-state index in [0.29, 0.717) is 0 Å². The Balaban J connectivity index is 2.08. The highest BCUT2D eigenvalue weighted by Crippen LogP contribution is 2.30. The molecule has 0 spiro atoms.